The minimum absolute atomic E-state index is 0.00721. The topological polar surface area (TPSA) is 145 Å². The van der Waals surface area contributed by atoms with E-state index in [1.807, 2.05) is 34.6 Å². The molecule has 0 unspecified atom stereocenters. The first-order valence-electron chi connectivity index (χ1n) is 13.8. The molecule has 1 heterocycles. The summed E-state index contributed by atoms with van der Waals surface area (Å²) in [6.07, 6.45) is 3.26. The third-order valence-corrected chi connectivity index (χ3v) is 6.98. The third kappa shape index (κ3) is 9.90. The maximum atomic E-state index is 13.6. The largest absolute Gasteiger partial charge is 0.493 e. The number of nitrogens with one attached hydrogen (secondary N) is 1. The molecule has 0 amide bonds. The van der Waals surface area contributed by atoms with Crippen LogP contribution in [-0.4, -0.2) is 56.4 Å². The number of aliphatic hydroxyl groups excluding tert-OH is 1. The van der Waals surface area contributed by atoms with Gasteiger partial charge in [-0.15, -0.1) is 0 Å². The van der Waals surface area contributed by atoms with Gasteiger partial charge >= 0.3 is 0 Å². The van der Waals surface area contributed by atoms with Crippen LogP contribution < -0.4 is 18.9 Å². The molecule has 11 nitrogen and oxygen atoms in total. The molecule has 2 aromatic carbocycles. The number of ether oxygens (including phenoxy) is 3. The molecule has 232 valence electrons. The van der Waals surface area contributed by atoms with Crippen LogP contribution in [0.4, 0.5) is 5.82 Å². The Morgan fingerprint density at radius 3 is 2.28 bits per heavy atom. The zero-order chi connectivity index (χ0) is 32.0. The number of para-hydroxylation sites is 2. The van der Waals surface area contributed by atoms with Crippen LogP contribution in [0.25, 0.3) is 0 Å². The van der Waals surface area contributed by atoms with Crippen LogP contribution >= 0.6 is 0 Å². The summed E-state index contributed by atoms with van der Waals surface area (Å²) in [5.74, 6) is 0.641. The molecule has 12 heteroatoms. The van der Waals surface area contributed by atoms with E-state index in [2.05, 4.69) is 31.4 Å². The summed E-state index contributed by atoms with van der Waals surface area (Å²) in [5.41, 5.74) is 0.822. The Balaban J connectivity index is 0.00000316. The normalized spacial score (nSPS) is 11.9. The summed E-state index contributed by atoms with van der Waals surface area (Å²) in [7, 11) is -2.67. The van der Waals surface area contributed by atoms with Gasteiger partial charge in [-0.05, 0) is 48.9 Å². The van der Waals surface area contributed by atoms with Gasteiger partial charge in [0.1, 0.15) is 18.3 Å². The Kier molecular flexibility index (Phi) is 13.3. The number of amidine groups is 1. The van der Waals surface area contributed by atoms with Gasteiger partial charge in [0, 0.05) is 6.20 Å². The van der Waals surface area contributed by atoms with Crippen LogP contribution in [0.1, 0.15) is 52.9 Å². The summed E-state index contributed by atoms with van der Waals surface area (Å²) in [6, 6.07) is 13.4. The molecule has 0 aliphatic carbocycles. The number of anilines is 1. The zero-order valence-corrected chi connectivity index (χ0v) is 26.6. The van der Waals surface area contributed by atoms with Crippen LogP contribution in [0, 0.1) is 0 Å². The number of rotatable bonds is 12. The molecule has 1 aromatic heterocycles. The molecule has 3 rings (SSSR count). The Labute approximate surface area is 254 Å². The van der Waals surface area contributed by atoms with Crippen molar-refractivity contribution in [2.45, 2.75) is 58.3 Å². The molecular formula is C31H41N5O6S. The predicted octanol–water partition coefficient (Wildman–Crippen LogP) is 5.95. The molecular weight excluding hydrogens is 570 g/mol. The fraction of sp³-hybridized carbons (Fsp3) is 0.355. The maximum absolute atomic E-state index is 13.6. The van der Waals surface area contributed by atoms with Crippen LogP contribution in [0.3, 0.4) is 0 Å². The van der Waals surface area contributed by atoms with Gasteiger partial charge in [0.15, 0.2) is 17.3 Å². The Morgan fingerprint density at radius 2 is 1.72 bits per heavy atom. The number of methoxy groups -OCH3 is 1. The van der Waals surface area contributed by atoms with Gasteiger partial charge in [-0.1, -0.05) is 65.0 Å². The van der Waals surface area contributed by atoms with E-state index >= 15 is 0 Å². The standard InChI is InChI=1S/C29H35N5O6S.C2H6/c1-7-16-31-24(30-5)19-25-32-27(34-41(36,37)21-14-12-20(13-15-21)29(2,3)4)26(28(33-25)39-18-17-35)40-23-11-9-8-10-22(23)38-6;1-2/h7-16,35H,5,17-19H2,1-4,6H3,(H,32,33,34);1-2H3/b16-7-,31-24?;. The Bertz CT molecular complexity index is 1510. The van der Waals surface area contributed by atoms with Gasteiger partial charge < -0.3 is 19.3 Å². The molecule has 0 spiro atoms. The molecule has 0 saturated carbocycles. The zero-order valence-electron chi connectivity index (χ0n) is 25.8. The number of hydrogen-bond donors (Lipinski definition) is 2. The third-order valence-electron chi connectivity index (χ3n) is 5.62. The molecule has 0 bridgehead atoms. The predicted molar refractivity (Wildman–Crippen MR) is 170 cm³/mol. The van der Waals surface area contributed by atoms with Gasteiger partial charge in [0.25, 0.3) is 15.9 Å². The summed E-state index contributed by atoms with van der Waals surface area (Å²) in [4.78, 5) is 17.0. The highest BCUT2D eigenvalue weighted by Gasteiger charge is 2.26. The Hall–Kier alpha value is -4.29. The van der Waals surface area contributed by atoms with Gasteiger partial charge in [-0.25, -0.2) is 23.4 Å². The maximum Gasteiger partial charge on any atom is 0.263 e. The van der Waals surface area contributed by atoms with Crippen molar-refractivity contribution >= 4 is 28.4 Å². The van der Waals surface area contributed by atoms with E-state index in [9.17, 15) is 13.5 Å². The van der Waals surface area contributed by atoms with E-state index < -0.39 is 10.0 Å². The van der Waals surface area contributed by atoms with Gasteiger partial charge in [0.05, 0.1) is 25.0 Å². The van der Waals surface area contributed by atoms with E-state index in [-0.39, 0.29) is 59.0 Å². The van der Waals surface area contributed by atoms with E-state index in [4.69, 9.17) is 14.2 Å². The molecule has 0 fully saturated rings. The highest BCUT2D eigenvalue weighted by atomic mass is 32.2. The van der Waals surface area contributed by atoms with E-state index in [1.165, 1.54) is 25.4 Å². The average Bonchev–Trinajstić information content (AvgIpc) is 3.00. The van der Waals surface area contributed by atoms with Crippen molar-refractivity contribution in [3.63, 3.8) is 0 Å². The summed E-state index contributed by atoms with van der Waals surface area (Å²) < 4.78 is 46.8. The van der Waals surface area contributed by atoms with E-state index in [1.54, 1.807) is 49.4 Å². The quantitative estimate of drug-likeness (QED) is 0.189. The van der Waals surface area contributed by atoms with Crippen LogP contribution in [-0.2, 0) is 21.9 Å². The highest BCUT2D eigenvalue weighted by Crippen LogP contribution is 2.40. The lowest BCUT2D eigenvalue weighted by Gasteiger charge is -2.20. The lowest BCUT2D eigenvalue weighted by molar-refractivity contribution is 0.192. The lowest BCUT2D eigenvalue weighted by atomic mass is 9.87. The molecule has 0 radical (unpaired) electrons. The fourth-order valence-electron chi connectivity index (χ4n) is 3.53. The fourth-order valence-corrected chi connectivity index (χ4v) is 4.54. The van der Waals surface area contributed by atoms with Crippen molar-refractivity contribution in [3.8, 4) is 23.1 Å². The number of hydrogen-bond acceptors (Lipinski definition) is 9. The number of allylic oxidation sites excluding steroid dienone is 1. The second-order valence-electron chi connectivity index (χ2n) is 9.69. The number of aliphatic hydroxyl groups is 1. The minimum atomic E-state index is -4.14. The molecule has 43 heavy (non-hydrogen) atoms. The summed E-state index contributed by atoms with van der Waals surface area (Å²) in [6.45, 7) is 15.0. The first kappa shape index (κ1) is 34.9. The van der Waals surface area contributed by atoms with Crippen molar-refractivity contribution < 1.29 is 27.7 Å². The van der Waals surface area contributed by atoms with Gasteiger partial charge in [-0.3, -0.25) is 4.72 Å². The number of aromatic nitrogens is 2. The molecule has 0 aliphatic heterocycles. The smallest absolute Gasteiger partial charge is 0.263 e. The Morgan fingerprint density at radius 1 is 1.07 bits per heavy atom. The molecule has 3 aromatic rings. The first-order chi connectivity index (χ1) is 20.5. The highest BCUT2D eigenvalue weighted by molar-refractivity contribution is 7.92. The number of nitrogens with zero attached hydrogens (tertiary/aromatic N) is 4. The molecule has 0 aliphatic rings. The minimum Gasteiger partial charge on any atom is -0.493 e. The van der Waals surface area contributed by atoms with Gasteiger partial charge in [0.2, 0.25) is 5.75 Å². The van der Waals surface area contributed by atoms with Crippen LogP contribution in [0.15, 0.2) is 75.7 Å². The van der Waals surface area contributed by atoms with Crippen molar-refractivity contribution in [2.24, 2.45) is 9.98 Å². The average molecular weight is 612 g/mol. The van der Waals surface area contributed by atoms with Gasteiger partial charge in [-0.2, -0.15) is 4.98 Å². The molecule has 2 N–H and O–H groups in total. The summed E-state index contributed by atoms with van der Waals surface area (Å²) >= 11 is 0. The SMILES string of the molecule is C=NC(Cc1nc(NS(=O)(=O)c2ccc(C(C)(C)C)cc2)c(Oc2ccccc2OC)c(OCCO)n1)=N/C=C\C.CC. The summed E-state index contributed by atoms with van der Waals surface area (Å²) in [5, 5.41) is 9.43. The number of benzene rings is 2. The molecule has 0 saturated heterocycles. The van der Waals surface area contributed by atoms with Crippen molar-refractivity contribution in [1.29, 1.82) is 0 Å². The van der Waals surface area contributed by atoms with Crippen molar-refractivity contribution in [3.05, 3.63) is 72.2 Å². The van der Waals surface area contributed by atoms with Crippen molar-refractivity contribution in [1.82, 2.24) is 9.97 Å². The molecule has 0 atom stereocenters. The van der Waals surface area contributed by atoms with E-state index in [0.717, 1.165) is 5.56 Å². The first-order valence-corrected chi connectivity index (χ1v) is 15.2. The van der Waals surface area contributed by atoms with Crippen LogP contribution in [0.2, 0.25) is 0 Å². The van der Waals surface area contributed by atoms with Crippen LogP contribution in [0.5, 0.6) is 23.1 Å². The number of sulfonamides is 1. The second-order valence-corrected chi connectivity index (χ2v) is 11.4. The number of aliphatic imine (C=N–C) groups is 2. The van der Waals surface area contributed by atoms with E-state index in [0.29, 0.717) is 11.6 Å². The monoisotopic (exact) mass is 611 g/mol. The van der Waals surface area contributed by atoms with Crippen molar-refractivity contribution in [2.75, 3.05) is 25.0 Å². The lowest BCUT2D eigenvalue weighted by Crippen LogP contribution is -2.18. The second kappa shape index (κ2) is 16.4.